The first kappa shape index (κ1) is 10.8. The van der Waals surface area contributed by atoms with E-state index >= 15 is 0 Å². The predicted octanol–water partition coefficient (Wildman–Crippen LogP) is 3.13. The Morgan fingerprint density at radius 1 is 1.19 bits per heavy atom. The molecule has 82 valence electrons. The lowest BCUT2D eigenvalue weighted by Crippen LogP contribution is -1.94. The predicted molar refractivity (Wildman–Crippen MR) is 70.2 cm³/mol. The fourth-order valence-corrected chi connectivity index (χ4v) is 1.85. The molecule has 0 spiro atoms. The van der Waals surface area contributed by atoms with Crippen molar-refractivity contribution in [2.24, 2.45) is 0 Å². The van der Waals surface area contributed by atoms with Crippen molar-refractivity contribution in [1.82, 2.24) is 4.98 Å². The maximum atomic E-state index is 5.61. The Kier molecular flexibility index (Phi) is 3.31. The summed E-state index contributed by atoms with van der Waals surface area (Å²) in [4.78, 5) is 5.18. The maximum absolute atomic E-state index is 5.61. The molecule has 1 aromatic heterocycles. The van der Waals surface area contributed by atoms with Gasteiger partial charge >= 0.3 is 0 Å². The van der Waals surface area contributed by atoms with Gasteiger partial charge in [0.2, 0.25) is 0 Å². The summed E-state index contributed by atoms with van der Waals surface area (Å²) in [5.74, 6) is 0.519. The van der Waals surface area contributed by atoms with E-state index in [-0.39, 0.29) is 0 Å². The van der Waals surface area contributed by atoms with E-state index in [1.165, 1.54) is 4.90 Å². The summed E-state index contributed by atoms with van der Waals surface area (Å²) in [6.45, 7) is 0. The Bertz CT molecular complexity index is 485. The van der Waals surface area contributed by atoms with Crippen molar-refractivity contribution < 1.29 is 0 Å². The Morgan fingerprint density at radius 2 is 2.00 bits per heavy atom. The van der Waals surface area contributed by atoms with E-state index in [9.17, 15) is 0 Å². The second kappa shape index (κ2) is 4.90. The van der Waals surface area contributed by atoms with Gasteiger partial charge in [-0.1, -0.05) is 6.07 Å². The number of nitrogen functional groups attached to an aromatic ring is 1. The number of aromatic nitrogens is 1. The van der Waals surface area contributed by atoms with Crippen LogP contribution in [0.2, 0.25) is 0 Å². The van der Waals surface area contributed by atoms with Crippen molar-refractivity contribution in [1.29, 1.82) is 0 Å². The molecule has 3 nitrogen and oxygen atoms in total. The van der Waals surface area contributed by atoms with Crippen molar-refractivity contribution in [3.05, 3.63) is 42.6 Å². The van der Waals surface area contributed by atoms with Crippen molar-refractivity contribution >= 4 is 29.0 Å². The summed E-state index contributed by atoms with van der Waals surface area (Å²) in [7, 11) is 0. The SMILES string of the molecule is CSc1cccc(Nc2ccnc(N)c2)c1. The van der Waals surface area contributed by atoms with Gasteiger partial charge in [-0.25, -0.2) is 4.98 Å². The van der Waals surface area contributed by atoms with Gasteiger partial charge in [-0.05, 0) is 30.5 Å². The first-order valence-electron chi connectivity index (χ1n) is 4.90. The normalized spacial score (nSPS) is 10.1. The largest absolute Gasteiger partial charge is 0.384 e. The summed E-state index contributed by atoms with van der Waals surface area (Å²) < 4.78 is 0. The monoisotopic (exact) mass is 231 g/mol. The topological polar surface area (TPSA) is 50.9 Å². The van der Waals surface area contributed by atoms with Crippen LogP contribution in [0.15, 0.2) is 47.5 Å². The zero-order chi connectivity index (χ0) is 11.4. The molecule has 0 unspecified atom stereocenters. The summed E-state index contributed by atoms with van der Waals surface area (Å²) in [6.07, 6.45) is 3.75. The van der Waals surface area contributed by atoms with Crippen LogP contribution in [0.1, 0.15) is 0 Å². The molecule has 2 aromatic rings. The third-order valence-corrected chi connectivity index (χ3v) is 2.86. The van der Waals surface area contributed by atoms with Crippen LogP contribution >= 0.6 is 11.8 Å². The van der Waals surface area contributed by atoms with E-state index in [1.807, 2.05) is 24.3 Å². The van der Waals surface area contributed by atoms with Crippen LogP contribution in [-0.2, 0) is 0 Å². The minimum absolute atomic E-state index is 0.519. The molecule has 2 rings (SSSR count). The van der Waals surface area contributed by atoms with Gasteiger partial charge in [0.25, 0.3) is 0 Å². The van der Waals surface area contributed by atoms with Crippen LogP contribution in [0.25, 0.3) is 0 Å². The molecule has 0 radical (unpaired) electrons. The van der Waals surface area contributed by atoms with E-state index < -0.39 is 0 Å². The lowest BCUT2D eigenvalue weighted by atomic mass is 10.3. The Labute approximate surface area is 99.1 Å². The third kappa shape index (κ3) is 2.67. The second-order valence-electron chi connectivity index (χ2n) is 3.33. The summed E-state index contributed by atoms with van der Waals surface area (Å²) in [5.41, 5.74) is 7.62. The van der Waals surface area contributed by atoms with Gasteiger partial charge in [0.05, 0.1) is 0 Å². The molecule has 16 heavy (non-hydrogen) atoms. The van der Waals surface area contributed by atoms with E-state index in [0.29, 0.717) is 5.82 Å². The third-order valence-electron chi connectivity index (χ3n) is 2.14. The summed E-state index contributed by atoms with van der Waals surface area (Å²) in [6, 6.07) is 11.9. The zero-order valence-electron chi connectivity index (χ0n) is 8.97. The fourth-order valence-electron chi connectivity index (χ4n) is 1.39. The number of thioether (sulfide) groups is 1. The van der Waals surface area contributed by atoms with Gasteiger partial charge in [-0.15, -0.1) is 11.8 Å². The molecule has 0 aliphatic rings. The summed E-state index contributed by atoms with van der Waals surface area (Å²) >= 11 is 1.72. The van der Waals surface area contributed by atoms with Crippen LogP contribution in [0.5, 0.6) is 0 Å². The minimum atomic E-state index is 0.519. The second-order valence-corrected chi connectivity index (χ2v) is 4.21. The number of rotatable bonds is 3. The van der Waals surface area contributed by atoms with E-state index in [0.717, 1.165) is 11.4 Å². The van der Waals surface area contributed by atoms with Gasteiger partial charge in [0.15, 0.2) is 0 Å². The van der Waals surface area contributed by atoms with Crippen LogP contribution < -0.4 is 11.1 Å². The lowest BCUT2D eigenvalue weighted by molar-refractivity contribution is 1.33. The highest BCUT2D eigenvalue weighted by molar-refractivity contribution is 7.98. The molecule has 3 N–H and O–H groups in total. The molecular formula is C12H13N3S. The molecule has 0 aliphatic carbocycles. The molecule has 0 saturated carbocycles. The standard InChI is InChI=1S/C12H13N3S/c1-16-11-4-2-3-9(7-11)15-10-5-6-14-12(13)8-10/h2-8H,1H3,(H3,13,14,15). The highest BCUT2D eigenvalue weighted by Gasteiger charge is 1.97. The Morgan fingerprint density at radius 3 is 2.75 bits per heavy atom. The smallest absolute Gasteiger partial charge is 0.125 e. The lowest BCUT2D eigenvalue weighted by Gasteiger charge is -2.07. The molecule has 0 bridgehead atoms. The van der Waals surface area contributed by atoms with Crippen molar-refractivity contribution in [2.75, 3.05) is 17.3 Å². The molecule has 0 aliphatic heterocycles. The highest BCUT2D eigenvalue weighted by atomic mass is 32.2. The van der Waals surface area contributed by atoms with Gasteiger partial charge in [0.1, 0.15) is 5.82 Å². The average molecular weight is 231 g/mol. The van der Waals surface area contributed by atoms with Crippen molar-refractivity contribution in [2.45, 2.75) is 4.90 Å². The van der Waals surface area contributed by atoms with Crippen LogP contribution in [0.3, 0.4) is 0 Å². The van der Waals surface area contributed by atoms with E-state index in [1.54, 1.807) is 18.0 Å². The van der Waals surface area contributed by atoms with Crippen LogP contribution in [0.4, 0.5) is 17.2 Å². The number of hydrogen-bond donors (Lipinski definition) is 2. The van der Waals surface area contributed by atoms with Crippen LogP contribution in [-0.4, -0.2) is 11.2 Å². The van der Waals surface area contributed by atoms with Gasteiger partial charge in [0, 0.05) is 28.5 Å². The first-order valence-corrected chi connectivity index (χ1v) is 6.13. The fraction of sp³-hybridized carbons (Fsp3) is 0.0833. The van der Waals surface area contributed by atoms with Gasteiger partial charge < -0.3 is 11.1 Å². The van der Waals surface area contributed by atoms with Crippen molar-refractivity contribution in [3.63, 3.8) is 0 Å². The molecule has 4 heteroatoms. The van der Waals surface area contributed by atoms with Crippen molar-refractivity contribution in [3.8, 4) is 0 Å². The zero-order valence-corrected chi connectivity index (χ0v) is 9.79. The Hall–Kier alpha value is -1.68. The minimum Gasteiger partial charge on any atom is -0.384 e. The molecule has 1 aromatic carbocycles. The maximum Gasteiger partial charge on any atom is 0.125 e. The highest BCUT2D eigenvalue weighted by Crippen LogP contribution is 2.22. The quantitative estimate of drug-likeness (QED) is 0.797. The number of benzene rings is 1. The molecule has 0 fully saturated rings. The first-order chi connectivity index (χ1) is 7.78. The van der Waals surface area contributed by atoms with E-state index in [2.05, 4.69) is 28.7 Å². The number of hydrogen-bond acceptors (Lipinski definition) is 4. The molecule has 0 atom stereocenters. The number of nitrogens with two attached hydrogens (primary N) is 1. The van der Waals surface area contributed by atoms with Gasteiger partial charge in [-0.2, -0.15) is 0 Å². The number of pyridine rings is 1. The number of nitrogens with one attached hydrogen (secondary N) is 1. The average Bonchev–Trinajstić information content (AvgIpc) is 2.29. The molecule has 0 saturated heterocycles. The number of anilines is 3. The molecular weight excluding hydrogens is 218 g/mol. The molecule has 1 heterocycles. The summed E-state index contributed by atoms with van der Waals surface area (Å²) in [5, 5.41) is 3.29. The van der Waals surface area contributed by atoms with E-state index in [4.69, 9.17) is 5.73 Å². The Balaban J connectivity index is 2.20. The number of nitrogens with zero attached hydrogens (tertiary/aromatic N) is 1. The molecule has 0 amide bonds. The van der Waals surface area contributed by atoms with Crippen LogP contribution in [0, 0.1) is 0 Å². The van der Waals surface area contributed by atoms with Gasteiger partial charge in [-0.3, -0.25) is 0 Å².